The van der Waals surface area contributed by atoms with E-state index in [0.29, 0.717) is 60.9 Å². The van der Waals surface area contributed by atoms with Crippen LogP contribution >= 0.6 is 11.8 Å². The molecule has 1 saturated heterocycles. The van der Waals surface area contributed by atoms with E-state index in [-0.39, 0.29) is 35.6 Å². The summed E-state index contributed by atoms with van der Waals surface area (Å²) in [5, 5.41) is 0.622. The normalized spacial score (nSPS) is 14.2. The van der Waals surface area contributed by atoms with Gasteiger partial charge in [0.1, 0.15) is 5.82 Å². The lowest BCUT2D eigenvalue weighted by atomic mass is 9.96. The number of aryl methyl sites for hydroxylation is 1. The third-order valence-electron chi connectivity index (χ3n) is 6.36. The Bertz CT molecular complexity index is 1100. The van der Waals surface area contributed by atoms with Crippen LogP contribution in [0.5, 0.6) is 0 Å². The third-order valence-corrected chi connectivity index (χ3v) is 7.47. The van der Waals surface area contributed by atoms with Gasteiger partial charge in [-0.25, -0.2) is 9.37 Å². The lowest BCUT2D eigenvalue weighted by Gasteiger charge is -2.31. The molecule has 1 aliphatic heterocycles. The topological polar surface area (TPSA) is 81.5 Å². The first kappa shape index (κ1) is 26.9. The third kappa shape index (κ3) is 7.16. The SMILES string of the molecule is CCOC(=O)C1CCN(C(=O)CCCCSc2nc(C)c(Cc3ccccc3F)c(=O)n2C)CC1. The smallest absolute Gasteiger partial charge is 0.309 e. The summed E-state index contributed by atoms with van der Waals surface area (Å²) in [6, 6.07) is 6.46. The van der Waals surface area contributed by atoms with Crippen molar-refractivity contribution < 1.29 is 18.7 Å². The second-order valence-electron chi connectivity index (χ2n) is 8.80. The van der Waals surface area contributed by atoms with Gasteiger partial charge in [0.05, 0.1) is 12.5 Å². The maximum atomic E-state index is 14.0. The highest BCUT2D eigenvalue weighted by molar-refractivity contribution is 7.99. The number of likely N-dealkylation sites (tertiary alicyclic amines) is 1. The van der Waals surface area contributed by atoms with Gasteiger partial charge in [-0.3, -0.25) is 19.0 Å². The van der Waals surface area contributed by atoms with E-state index >= 15 is 0 Å². The predicted octanol–water partition coefficient (Wildman–Crippen LogP) is 3.88. The van der Waals surface area contributed by atoms with Gasteiger partial charge in [0.25, 0.3) is 5.56 Å². The summed E-state index contributed by atoms with van der Waals surface area (Å²) < 4.78 is 20.6. The molecule has 2 heterocycles. The molecular weight excluding hydrogens is 469 g/mol. The van der Waals surface area contributed by atoms with Crippen LogP contribution in [0.15, 0.2) is 34.2 Å². The van der Waals surface area contributed by atoms with Crippen LogP contribution in [0.4, 0.5) is 4.39 Å². The number of carbonyl (C=O) groups excluding carboxylic acids is 2. The van der Waals surface area contributed by atoms with Gasteiger partial charge in [0, 0.05) is 50.0 Å². The quantitative estimate of drug-likeness (QED) is 0.212. The van der Waals surface area contributed by atoms with Crippen molar-refractivity contribution in [3.05, 3.63) is 57.3 Å². The van der Waals surface area contributed by atoms with Crippen LogP contribution in [0.25, 0.3) is 0 Å². The zero-order chi connectivity index (χ0) is 25.4. The molecular formula is C26H34FN3O4S. The lowest BCUT2D eigenvalue weighted by molar-refractivity contribution is -0.151. The summed E-state index contributed by atoms with van der Waals surface area (Å²) in [6.07, 6.45) is 3.57. The van der Waals surface area contributed by atoms with Gasteiger partial charge in [-0.1, -0.05) is 30.0 Å². The van der Waals surface area contributed by atoms with Gasteiger partial charge in [-0.2, -0.15) is 0 Å². The Kier molecular flexibility index (Phi) is 9.89. The molecule has 190 valence electrons. The second kappa shape index (κ2) is 12.9. The zero-order valence-electron chi connectivity index (χ0n) is 20.7. The number of piperidine rings is 1. The molecule has 3 rings (SSSR count). The molecule has 1 fully saturated rings. The van der Waals surface area contributed by atoms with Crippen LogP contribution in [-0.4, -0.2) is 51.8 Å². The molecule has 1 aromatic carbocycles. The molecule has 1 amide bonds. The van der Waals surface area contributed by atoms with Crippen LogP contribution in [0.3, 0.4) is 0 Å². The number of thioether (sulfide) groups is 1. The van der Waals surface area contributed by atoms with Crippen molar-refractivity contribution in [1.82, 2.24) is 14.5 Å². The number of ether oxygens (including phenoxy) is 1. The molecule has 2 aromatic rings. The molecule has 0 N–H and O–H groups in total. The minimum Gasteiger partial charge on any atom is -0.466 e. The second-order valence-corrected chi connectivity index (χ2v) is 9.87. The molecule has 35 heavy (non-hydrogen) atoms. The number of rotatable bonds is 10. The zero-order valence-corrected chi connectivity index (χ0v) is 21.5. The first-order valence-electron chi connectivity index (χ1n) is 12.2. The number of nitrogens with zero attached hydrogens (tertiary/aromatic N) is 3. The van der Waals surface area contributed by atoms with Crippen LogP contribution < -0.4 is 5.56 Å². The molecule has 0 bridgehead atoms. The number of hydrogen-bond acceptors (Lipinski definition) is 6. The highest BCUT2D eigenvalue weighted by atomic mass is 32.2. The van der Waals surface area contributed by atoms with Crippen molar-refractivity contribution in [2.45, 2.75) is 57.5 Å². The van der Waals surface area contributed by atoms with Crippen LogP contribution in [-0.2, 0) is 27.8 Å². The van der Waals surface area contributed by atoms with E-state index < -0.39 is 0 Å². The van der Waals surface area contributed by atoms with E-state index in [2.05, 4.69) is 4.98 Å². The Hall–Kier alpha value is -2.68. The Morgan fingerprint density at radius 1 is 1.20 bits per heavy atom. The van der Waals surface area contributed by atoms with Crippen molar-refractivity contribution in [2.24, 2.45) is 13.0 Å². The van der Waals surface area contributed by atoms with Crippen molar-refractivity contribution in [3.8, 4) is 0 Å². The maximum Gasteiger partial charge on any atom is 0.309 e. The minimum absolute atomic E-state index is 0.101. The van der Waals surface area contributed by atoms with E-state index in [1.54, 1.807) is 39.1 Å². The first-order valence-corrected chi connectivity index (χ1v) is 13.2. The molecule has 0 aliphatic carbocycles. The summed E-state index contributed by atoms with van der Waals surface area (Å²) >= 11 is 1.49. The van der Waals surface area contributed by atoms with Crippen LogP contribution in [0.2, 0.25) is 0 Å². The first-order chi connectivity index (χ1) is 16.8. The van der Waals surface area contributed by atoms with Crippen LogP contribution in [0.1, 0.15) is 55.8 Å². The molecule has 0 unspecified atom stereocenters. The molecule has 7 nitrogen and oxygen atoms in total. The van der Waals surface area contributed by atoms with E-state index in [4.69, 9.17) is 4.74 Å². The minimum atomic E-state index is -0.328. The van der Waals surface area contributed by atoms with E-state index in [9.17, 15) is 18.8 Å². The molecule has 0 saturated carbocycles. The Morgan fingerprint density at radius 3 is 2.60 bits per heavy atom. The monoisotopic (exact) mass is 503 g/mol. The number of hydrogen-bond donors (Lipinski definition) is 0. The average Bonchev–Trinajstić information content (AvgIpc) is 2.85. The van der Waals surface area contributed by atoms with Crippen LogP contribution in [0, 0.1) is 18.7 Å². The molecule has 0 atom stereocenters. The summed E-state index contributed by atoms with van der Waals surface area (Å²) in [5.74, 6) is 0.276. The molecule has 0 spiro atoms. The number of aromatic nitrogens is 2. The number of esters is 1. The summed E-state index contributed by atoms with van der Waals surface area (Å²) in [7, 11) is 1.69. The van der Waals surface area contributed by atoms with E-state index in [1.165, 1.54) is 22.4 Å². The number of unbranched alkanes of at least 4 members (excludes halogenated alkanes) is 1. The van der Waals surface area contributed by atoms with E-state index in [1.807, 2.05) is 4.90 Å². The maximum absolute atomic E-state index is 14.0. The fourth-order valence-electron chi connectivity index (χ4n) is 4.22. The fraction of sp³-hybridized carbons (Fsp3) is 0.538. The van der Waals surface area contributed by atoms with Crippen molar-refractivity contribution in [3.63, 3.8) is 0 Å². The average molecular weight is 504 g/mol. The Labute approximate surface area is 210 Å². The number of halogens is 1. The van der Waals surface area contributed by atoms with Crippen molar-refractivity contribution in [2.75, 3.05) is 25.4 Å². The fourth-order valence-corrected chi connectivity index (χ4v) is 5.23. The lowest BCUT2D eigenvalue weighted by Crippen LogP contribution is -2.40. The van der Waals surface area contributed by atoms with Gasteiger partial charge in [-0.05, 0) is 51.2 Å². The largest absolute Gasteiger partial charge is 0.466 e. The van der Waals surface area contributed by atoms with Gasteiger partial charge in [0.15, 0.2) is 5.16 Å². The predicted molar refractivity (Wildman–Crippen MR) is 134 cm³/mol. The van der Waals surface area contributed by atoms with Gasteiger partial charge < -0.3 is 9.64 Å². The molecule has 9 heteroatoms. The van der Waals surface area contributed by atoms with E-state index in [0.717, 1.165) is 18.6 Å². The molecule has 1 aliphatic rings. The Morgan fingerprint density at radius 2 is 1.91 bits per heavy atom. The number of benzene rings is 1. The van der Waals surface area contributed by atoms with Gasteiger partial charge in [0.2, 0.25) is 5.91 Å². The standard InChI is InChI=1S/C26H34FN3O4S/c1-4-34-25(33)19-12-14-30(15-13-19)23(31)11-7-8-16-35-26-28-18(2)21(24(32)29(26)3)17-20-9-5-6-10-22(20)27/h5-6,9-10,19H,4,7-8,11-17H2,1-3H3. The van der Waals surface area contributed by atoms with Crippen molar-refractivity contribution in [1.29, 1.82) is 0 Å². The number of amides is 1. The van der Waals surface area contributed by atoms with Gasteiger partial charge in [-0.15, -0.1) is 0 Å². The Balaban J connectivity index is 1.44. The summed E-state index contributed by atoms with van der Waals surface area (Å²) in [4.78, 5) is 43.7. The molecule has 1 aromatic heterocycles. The van der Waals surface area contributed by atoms with Gasteiger partial charge >= 0.3 is 5.97 Å². The van der Waals surface area contributed by atoms with Crippen molar-refractivity contribution >= 4 is 23.6 Å². The molecule has 0 radical (unpaired) electrons. The highest BCUT2D eigenvalue weighted by Gasteiger charge is 2.27. The summed E-state index contributed by atoms with van der Waals surface area (Å²) in [5.41, 5.74) is 1.42. The number of carbonyl (C=O) groups is 2. The summed E-state index contributed by atoms with van der Waals surface area (Å²) in [6.45, 7) is 5.17. The highest BCUT2D eigenvalue weighted by Crippen LogP contribution is 2.21.